The molecule has 0 aromatic carbocycles. The molecule has 4 fully saturated rings. The number of aromatic nitrogens is 4. The van der Waals surface area contributed by atoms with Gasteiger partial charge in [0.05, 0.1) is 41.7 Å². The molecule has 4 saturated carbocycles. The lowest BCUT2D eigenvalue weighted by Crippen LogP contribution is -2.42. The number of halogens is 2. The SMILES string of the molecule is CC(C)(C)OC(=O)NC1CCCC(=O)C1.CC(C)(C)OC(=O)NC1CCCC(O)C1.CCOC(=O)c1cnc2[nH]ccc2c1Cl.CCOC(=O)c1cnc2[nH]ccc2c1NC1CCCC(O)C1.Cl.NC1CCCC(=O)C1. The van der Waals surface area contributed by atoms with Crippen molar-refractivity contribution in [3.63, 3.8) is 0 Å². The average Bonchev–Trinajstić information content (AvgIpc) is 4.01. The van der Waals surface area contributed by atoms with E-state index < -0.39 is 23.3 Å². The van der Waals surface area contributed by atoms with E-state index in [1.807, 2.05) is 47.6 Å². The van der Waals surface area contributed by atoms with Crippen molar-refractivity contribution in [1.82, 2.24) is 30.6 Å². The number of alkyl carbamates (subject to hydrolysis) is 2. The van der Waals surface area contributed by atoms with E-state index in [1.165, 1.54) is 6.20 Å². The fourth-order valence-electron chi connectivity index (χ4n) is 8.80. The van der Waals surface area contributed by atoms with Gasteiger partial charge in [-0.2, -0.15) is 0 Å². The third-order valence-electron chi connectivity index (χ3n) is 12.2. The molecule has 0 aliphatic heterocycles. The maximum atomic E-state index is 12.2. The van der Waals surface area contributed by atoms with Crippen molar-refractivity contribution < 1.29 is 57.9 Å². The van der Waals surface area contributed by atoms with Crippen molar-refractivity contribution in [2.45, 2.75) is 206 Å². The topological polar surface area (TPSA) is 299 Å². The Labute approximate surface area is 457 Å². The number of ketones is 2. The number of anilines is 1. The number of rotatable bonds is 8. The van der Waals surface area contributed by atoms with Gasteiger partial charge in [-0.1, -0.05) is 11.6 Å². The number of aliphatic hydroxyl groups excluding tert-OH is 2. The number of hydrogen-bond acceptors (Lipinski definition) is 16. The van der Waals surface area contributed by atoms with E-state index >= 15 is 0 Å². The molecule has 4 heterocycles. The van der Waals surface area contributed by atoms with E-state index in [4.69, 9.17) is 36.3 Å². The number of aromatic amines is 2. The lowest BCUT2D eigenvalue weighted by Gasteiger charge is -2.28. The highest BCUT2D eigenvalue weighted by molar-refractivity contribution is 6.38. The predicted octanol–water partition coefficient (Wildman–Crippen LogP) is 9.56. The Bertz CT molecular complexity index is 2490. The van der Waals surface area contributed by atoms with Gasteiger partial charge in [0, 0.05) is 85.4 Å². The van der Waals surface area contributed by atoms with E-state index in [1.54, 1.807) is 38.5 Å². The molecule has 0 radical (unpaired) electrons. The Morgan fingerprint density at radius 1 is 0.671 bits per heavy atom. The number of nitrogens with zero attached hydrogens (tertiary/aromatic N) is 2. The van der Waals surface area contributed by atoms with E-state index in [2.05, 4.69) is 35.9 Å². The van der Waals surface area contributed by atoms with E-state index in [0.29, 0.717) is 72.9 Å². The summed E-state index contributed by atoms with van der Waals surface area (Å²) < 4.78 is 20.2. The summed E-state index contributed by atoms with van der Waals surface area (Å²) in [7, 11) is 0. The van der Waals surface area contributed by atoms with Crippen LogP contribution in [0.15, 0.2) is 36.9 Å². The number of carbonyl (C=O) groups excluding carboxylic acids is 6. The monoisotopic (exact) mass is 1100 g/mol. The summed E-state index contributed by atoms with van der Waals surface area (Å²) >= 11 is 6.05. The molecule has 4 aromatic rings. The van der Waals surface area contributed by atoms with Crippen LogP contribution in [0.25, 0.3) is 22.1 Å². The second kappa shape index (κ2) is 31.6. The zero-order valence-electron chi connectivity index (χ0n) is 45.4. The average molecular weight is 1110 g/mol. The van der Waals surface area contributed by atoms with Gasteiger partial charge < -0.3 is 60.8 Å². The minimum Gasteiger partial charge on any atom is -0.462 e. The fraction of sp³-hybridized carbons (Fsp3) is 0.630. The molecule has 8 rings (SSSR count). The Kier molecular flexibility index (Phi) is 26.9. The number of amides is 2. The molecule has 20 nitrogen and oxygen atoms in total. The van der Waals surface area contributed by atoms with Crippen molar-refractivity contribution in [2.75, 3.05) is 18.5 Å². The zero-order chi connectivity index (χ0) is 55.3. The molecular formula is C54H82Cl2N8O12. The molecule has 2 amide bonds. The van der Waals surface area contributed by atoms with Crippen molar-refractivity contribution in [3.8, 4) is 0 Å². The molecular weight excluding hydrogens is 1020 g/mol. The number of H-pyrrole nitrogens is 2. The van der Waals surface area contributed by atoms with E-state index in [-0.39, 0.29) is 66.6 Å². The summed E-state index contributed by atoms with van der Waals surface area (Å²) in [5, 5.41) is 30.2. The van der Waals surface area contributed by atoms with Gasteiger partial charge in [0.2, 0.25) is 0 Å². The highest BCUT2D eigenvalue weighted by Gasteiger charge is 2.27. The van der Waals surface area contributed by atoms with E-state index in [0.717, 1.165) is 92.7 Å². The maximum Gasteiger partial charge on any atom is 0.407 e. The number of esters is 2. The number of fused-ring (bicyclic) bond motifs is 2. The summed E-state index contributed by atoms with van der Waals surface area (Å²) in [4.78, 5) is 82.5. The van der Waals surface area contributed by atoms with Crippen molar-refractivity contribution in [2.24, 2.45) is 5.73 Å². The van der Waals surface area contributed by atoms with Gasteiger partial charge in [-0.3, -0.25) is 9.59 Å². The van der Waals surface area contributed by atoms with Crippen LogP contribution < -0.4 is 21.7 Å². The number of ether oxygens (including phenoxy) is 4. The molecule has 424 valence electrons. The maximum absolute atomic E-state index is 12.2. The van der Waals surface area contributed by atoms with Gasteiger partial charge in [-0.05, 0) is 145 Å². The molecule has 0 saturated heterocycles. The highest BCUT2D eigenvalue weighted by atomic mass is 35.5. The van der Waals surface area contributed by atoms with Crippen LogP contribution in [0, 0.1) is 0 Å². The second-order valence-corrected chi connectivity index (χ2v) is 21.5. The van der Waals surface area contributed by atoms with Gasteiger partial charge in [0.1, 0.15) is 39.6 Å². The smallest absolute Gasteiger partial charge is 0.407 e. The quantitative estimate of drug-likeness (QED) is 0.0601. The first-order chi connectivity index (χ1) is 35.4. The molecule has 0 spiro atoms. The van der Waals surface area contributed by atoms with Crippen LogP contribution in [0.2, 0.25) is 5.02 Å². The Morgan fingerprint density at radius 3 is 1.63 bits per heavy atom. The number of aliphatic hydroxyl groups is 2. The summed E-state index contributed by atoms with van der Waals surface area (Å²) in [5.41, 5.74) is 7.42. The van der Waals surface area contributed by atoms with Gasteiger partial charge in [-0.15, -0.1) is 12.4 Å². The van der Waals surface area contributed by atoms with Crippen LogP contribution >= 0.6 is 24.0 Å². The minimum absolute atomic E-state index is 0. The molecule has 4 aromatic heterocycles. The largest absolute Gasteiger partial charge is 0.462 e. The summed E-state index contributed by atoms with van der Waals surface area (Å²) in [6.07, 6.45) is 18.2. The normalized spacial score (nSPS) is 21.4. The predicted molar refractivity (Wildman–Crippen MR) is 294 cm³/mol. The lowest BCUT2D eigenvalue weighted by molar-refractivity contribution is -0.121. The van der Waals surface area contributed by atoms with Crippen molar-refractivity contribution in [1.29, 1.82) is 0 Å². The van der Waals surface area contributed by atoms with Crippen LogP contribution in [0.1, 0.15) is 179 Å². The number of Topliss-reactive ketones (excluding diaryl/α,β-unsaturated/α-hetero) is 2. The molecule has 6 unspecified atom stereocenters. The number of hydrogen-bond donors (Lipinski definition) is 8. The van der Waals surface area contributed by atoms with Gasteiger partial charge in [-0.25, -0.2) is 29.1 Å². The highest BCUT2D eigenvalue weighted by Crippen LogP contribution is 2.31. The van der Waals surface area contributed by atoms with Crippen LogP contribution in [-0.4, -0.2) is 127 Å². The summed E-state index contributed by atoms with van der Waals surface area (Å²) in [5.74, 6) is -0.263. The molecule has 4 aliphatic carbocycles. The molecule has 9 N–H and O–H groups in total. The fourth-order valence-corrected chi connectivity index (χ4v) is 9.08. The van der Waals surface area contributed by atoms with Gasteiger partial charge in [0.15, 0.2) is 0 Å². The summed E-state index contributed by atoms with van der Waals surface area (Å²) in [6, 6.07) is 4.00. The Hall–Kier alpha value is -5.54. The zero-order valence-corrected chi connectivity index (χ0v) is 47.0. The van der Waals surface area contributed by atoms with Crippen LogP contribution in [0.3, 0.4) is 0 Å². The van der Waals surface area contributed by atoms with Crippen molar-refractivity contribution in [3.05, 3.63) is 53.1 Å². The van der Waals surface area contributed by atoms with Gasteiger partial charge >= 0.3 is 24.1 Å². The van der Waals surface area contributed by atoms with Crippen molar-refractivity contribution >= 4 is 87.5 Å². The number of nitrogens with one attached hydrogen (secondary N) is 5. The molecule has 4 aliphatic rings. The molecule has 22 heteroatoms. The standard InChI is InChI=1S/C16H21N3O3.C11H21NO3.C11H19NO3.C10H9ClN2O2.C6H11NO.ClH/c1-2-22-16(21)13-9-18-15-12(6-7-17-15)14(13)19-10-4-3-5-11(20)8-10;2*1-11(2,3)15-10(14)12-8-5-4-6-9(13)7-8;1-2-15-10(14)7-5-13-9-6(8(7)11)3-4-12-9;7-5-2-1-3-6(8)4-5;/h6-7,9-11,20H,2-5,8H2,1H3,(H2,17,18,19);8-9,13H,4-7H2,1-3H3,(H,12,14);8H,4-7H2,1-3H3,(H,12,14);3-5H,2H2,1H3,(H,12,13);5H,1-4,7H2;1H. The minimum atomic E-state index is -0.483. The first-order valence-electron chi connectivity index (χ1n) is 26.3. The van der Waals surface area contributed by atoms with Crippen LogP contribution in [0.4, 0.5) is 15.3 Å². The van der Waals surface area contributed by atoms with Gasteiger partial charge in [0.25, 0.3) is 0 Å². The van der Waals surface area contributed by atoms with Crippen LogP contribution in [-0.2, 0) is 28.5 Å². The second-order valence-electron chi connectivity index (χ2n) is 21.2. The molecule has 0 bridgehead atoms. The molecule has 6 atom stereocenters. The first kappa shape index (κ1) is 64.7. The lowest BCUT2D eigenvalue weighted by atomic mass is 9.92. The number of carbonyl (C=O) groups is 6. The summed E-state index contributed by atoms with van der Waals surface area (Å²) in [6.45, 7) is 15.1. The number of pyridine rings is 2. The third-order valence-corrected chi connectivity index (χ3v) is 12.6. The Balaban J connectivity index is 0.000000257. The Morgan fingerprint density at radius 2 is 1.13 bits per heavy atom. The molecule has 76 heavy (non-hydrogen) atoms. The number of nitrogens with two attached hydrogens (primary N) is 1. The van der Waals surface area contributed by atoms with Crippen LogP contribution in [0.5, 0.6) is 0 Å². The van der Waals surface area contributed by atoms with E-state index in [9.17, 15) is 39.0 Å². The third kappa shape index (κ3) is 23.0. The first-order valence-corrected chi connectivity index (χ1v) is 26.6.